The lowest BCUT2D eigenvalue weighted by atomic mass is 9.71. The summed E-state index contributed by atoms with van der Waals surface area (Å²) in [5.74, 6) is 2.60. The molecule has 15 heavy (non-hydrogen) atoms. The summed E-state index contributed by atoms with van der Waals surface area (Å²) in [4.78, 5) is 4.17. The van der Waals surface area contributed by atoms with Crippen molar-refractivity contribution in [1.82, 2.24) is 20.5 Å². The molecule has 0 aliphatic heterocycles. The number of hydrogen-bond acceptors (Lipinski definition) is 3. The van der Waals surface area contributed by atoms with E-state index in [2.05, 4.69) is 39.6 Å². The monoisotopic (exact) mass is 204 g/mol. The summed E-state index contributed by atoms with van der Waals surface area (Å²) in [6.07, 6.45) is 8.82. The van der Waals surface area contributed by atoms with Gasteiger partial charge in [-0.2, -0.15) is 5.10 Å². The van der Waals surface area contributed by atoms with Crippen LogP contribution in [0.2, 0.25) is 0 Å². The fourth-order valence-electron chi connectivity index (χ4n) is 2.73. The second kappa shape index (κ2) is 3.45. The first-order chi connectivity index (χ1) is 7.34. The maximum absolute atomic E-state index is 4.17. The van der Waals surface area contributed by atoms with E-state index in [1.54, 1.807) is 6.33 Å². The largest absolute Gasteiger partial charge is 0.304 e. The summed E-state index contributed by atoms with van der Waals surface area (Å²) in [7, 11) is 0. The van der Waals surface area contributed by atoms with Crippen molar-refractivity contribution in [3.8, 4) is 0 Å². The van der Waals surface area contributed by atoms with Gasteiger partial charge in [-0.3, -0.25) is 5.10 Å². The number of hydrogen-bond donors (Lipinski definition) is 2. The Balaban J connectivity index is 1.60. The fourth-order valence-corrected chi connectivity index (χ4v) is 2.73. The van der Waals surface area contributed by atoms with Gasteiger partial charge in [-0.15, -0.1) is 0 Å². The molecule has 2 aliphatic rings. The highest BCUT2D eigenvalue weighted by molar-refractivity contribution is 5.13. The molecule has 2 aliphatic carbocycles. The maximum Gasteiger partial charge on any atom is 0.141 e. The van der Waals surface area contributed by atoms with Crippen LogP contribution in [-0.2, 0) is 0 Å². The number of nitrogens with zero attached hydrogens (tertiary/aromatic N) is 2. The van der Waals surface area contributed by atoms with Gasteiger partial charge in [-0.1, -0.05) is 12.2 Å². The molecule has 80 valence electrons. The molecule has 0 aromatic carbocycles. The van der Waals surface area contributed by atoms with E-state index in [9.17, 15) is 0 Å². The first-order valence-corrected chi connectivity index (χ1v) is 5.62. The molecular formula is C11H16N4. The number of aromatic nitrogens is 3. The van der Waals surface area contributed by atoms with Crippen LogP contribution in [0, 0.1) is 11.8 Å². The van der Waals surface area contributed by atoms with E-state index in [0.717, 1.165) is 17.7 Å². The Morgan fingerprint density at radius 1 is 1.60 bits per heavy atom. The van der Waals surface area contributed by atoms with Crippen LogP contribution < -0.4 is 5.32 Å². The third-order valence-electron chi connectivity index (χ3n) is 3.67. The molecule has 3 rings (SSSR count). The van der Waals surface area contributed by atoms with E-state index in [-0.39, 0.29) is 6.04 Å². The summed E-state index contributed by atoms with van der Waals surface area (Å²) in [5, 5.41) is 10.4. The van der Waals surface area contributed by atoms with E-state index in [0.29, 0.717) is 6.04 Å². The SMILES string of the molecule is CC(NC1CC2CC=CC21)c1ncn[nH]1. The number of allylic oxidation sites excluding steroid dienone is 1. The molecule has 4 heteroatoms. The first kappa shape index (κ1) is 9.09. The standard InChI is InChI=1S/C11H16N4/c1-7(11-12-6-13-15-11)14-10-5-8-3-2-4-9(8)10/h2,4,6-10,14H,3,5H2,1H3,(H,12,13,15). The third-order valence-corrected chi connectivity index (χ3v) is 3.67. The lowest BCUT2D eigenvalue weighted by Crippen LogP contribution is -2.48. The molecule has 0 radical (unpaired) electrons. The zero-order valence-corrected chi connectivity index (χ0v) is 8.85. The number of nitrogens with one attached hydrogen (secondary N) is 2. The van der Waals surface area contributed by atoms with Crippen molar-refractivity contribution in [3.05, 3.63) is 24.3 Å². The van der Waals surface area contributed by atoms with E-state index >= 15 is 0 Å². The smallest absolute Gasteiger partial charge is 0.141 e. The highest BCUT2D eigenvalue weighted by Gasteiger charge is 2.41. The molecule has 1 aromatic heterocycles. The average molecular weight is 204 g/mol. The molecule has 2 N–H and O–H groups in total. The molecule has 0 amide bonds. The molecule has 1 saturated carbocycles. The predicted molar refractivity (Wildman–Crippen MR) is 57.1 cm³/mol. The topological polar surface area (TPSA) is 53.6 Å². The third kappa shape index (κ3) is 1.49. The van der Waals surface area contributed by atoms with Crippen LogP contribution in [0.5, 0.6) is 0 Å². The van der Waals surface area contributed by atoms with Gasteiger partial charge in [0, 0.05) is 6.04 Å². The Hall–Kier alpha value is -1.16. The number of H-pyrrole nitrogens is 1. The Morgan fingerprint density at radius 2 is 2.53 bits per heavy atom. The summed E-state index contributed by atoms with van der Waals surface area (Å²) in [6.45, 7) is 2.13. The molecule has 1 heterocycles. The Morgan fingerprint density at radius 3 is 3.27 bits per heavy atom. The van der Waals surface area contributed by atoms with E-state index in [1.807, 2.05) is 0 Å². The van der Waals surface area contributed by atoms with Gasteiger partial charge in [0.05, 0.1) is 6.04 Å². The molecule has 4 unspecified atom stereocenters. The van der Waals surface area contributed by atoms with Crippen LogP contribution in [0.25, 0.3) is 0 Å². The van der Waals surface area contributed by atoms with Gasteiger partial charge in [-0.25, -0.2) is 4.98 Å². The lowest BCUT2D eigenvalue weighted by molar-refractivity contribution is 0.151. The highest BCUT2D eigenvalue weighted by Crippen LogP contribution is 2.43. The molecule has 4 nitrogen and oxygen atoms in total. The van der Waals surface area contributed by atoms with E-state index in [4.69, 9.17) is 0 Å². The van der Waals surface area contributed by atoms with Crippen molar-refractivity contribution in [2.75, 3.05) is 0 Å². The molecular weight excluding hydrogens is 188 g/mol. The zero-order valence-electron chi connectivity index (χ0n) is 8.85. The van der Waals surface area contributed by atoms with Crippen LogP contribution in [0.3, 0.4) is 0 Å². The summed E-state index contributed by atoms with van der Waals surface area (Å²) < 4.78 is 0. The minimum absolute atomic E-state index is 0.271. The van der Waals surface area contributed by atoms with Gasteiger partial charge in [0.25, 0.3) is 0 Å². The normalized spacial score (nSPS) is 34.9. The molecule has 1 aromatic rings. The van der Waals surface area contributed by atoms with E-state index < -0.39 is 0 Å². The Labute approximate surface area is 89.2 Å². The number of fused-ring (bicyclic) bond motifs is 1. The predicted octanol–water partition coefficient (Wildman–Crippen LogP) is 1.42. The van der Waals surface area contributed by atoms with Crippen molar-refractivity contribution >= 4 is 0 Å². The maximum atomic E-state index is 4.17. The Kier molecular flexibility index (Phi) is 2.09. The first-order valence-electron chi connectivity index (χ1n) is 5.62. The van der Waals surface area contributed by atoms with Crippen LogP contribution in [0.15, 0.2) is 18.5 Å². The van der Waals surface area contributed by atoms with Gasteiger partial charge in [0.15, 0.2) is 0 Å². The van der Waals surface area contributed by atoms with E-state index in [1.165, 1.54) is 12.8 Å². The highest BCUT2D eigenvalue weighted by atomic mass is 15.2. The lowest BCUT2D eigenvalue weighted by Gasteiger charge is -2.42. The minimum Gasteiger partial charge on any atom is -0.304 e. The van der Waals surface area contributed by atoms with Gasteiger partial charge >= 0.3 is 0 Å². The molecule has 0 bridgehead atoms. The van der Waals surface area contributed by atoms with Crippen LogP contribution in [0.1, 0.15) is 31.6 Å². The summed E-state index contributed by atoms with van der Waals surface area (Å²) in [6, 6.07) is 0.904. The molecule has 4 atom stereocenters. The minimum atomic E-state index is 0.271. The van der Waals surface area contributed by atoms with Crippen molar-refractivity contribution < 1.29 is 0 Å². The van der Waals surface area contributed by atoms with Crippen LogP contribution in [0.4, 0.5) is 0 Å². The van der Waals surface area contributed by atoms with Gasteiger partial charge in [0.2, 0.25) is 0 Å². The van der Waals surface area contributed by atoms with Gasteiger partial charge in [-0.05, 0) is 31.6 Å². The van der Waals surface area contributed by atoms with Crippen molar-refractivity contribution in [3.63, 3.8) is 0 Å². The summed E-state index contributed by atoms with van der Waals surface area (Å²) >= 11 is 0. The average Bonchev–Trinajstić information content (AvgIpc) is 2.82. The van der Waals surface area contributed by atoms with Gasteiger partial charge in [0.1, 0.15) is 12.2 Å². The molecule has 0 spiro atoms. The summed E-state index contributed by atoms with van der Waals surface area (Å²) in [5.41, 5.74) is 0. The van der Waals surface area contributed by atoms with Crippen molar-refractivity contribution in [2.45, 2.75) is 31.8 Å². The molecule has 1 fully saturated rings. The van der Waals surface area contributed by atoms with Crippen molar-refractivity contribution in [1.29, 1.82) is 0 Å². The Bertz CT molecular complexity index is 357. The number of aromatic amines is 1. The molecule has 0 saturated heterocycles. The second-order valence-corrected chi connectivity index (χ2v) is 4.60. The fraction of sp³-hybridized carbons (Fsp3) is 0.636. The van der Waals surface area contributed by atoms with Crippen LogP contribution in [-0.4, -0.2) is 21.2 Å². The second-order valence-electron chi connectivity index (χ2n) is 4.60. The van der Waals surface area contributed by atoms with Gasteiger partial charge < -0.3 is 5.32 Å². The van der Waals surface area contributed by atoms with Crippen molar-refractivity contribution in [2.24, 2.45) is 11.8 Å². The zero-order chi connectivity index (χ0) is 10.3. The quantitative estimate of drug-likeness (QED) is 0.732. The van der Waals surface area contributed by atoms with Crippen LogP contribution >= 0.6 is 0 Å². The number of rotatable bonds is 3.